The first-order valence-corrected chi connectivity index (χ1v) is 9.24. The summed E-state index contributed by atoms with van der Waals surface area (Å²) in [4.78, 5) is 2.41. The zero-order valence-corrected chi connectivity index (χ0v) is 15.6. The quantitative estimate of drug-likeness (QED) is 0.612. The van der Waals surface area contributed by atoms with Crippen LogP contribution in [0.2, 0.25) is 5.02 Å². The Bertz CT molecular complexity index is 935. The van der Waals surface area contributed by atoms with E-state index >= 15 is 0 Å². The maximum Gasteiger partial charge on any atom is 0.0529 e. The molecule has 3 heteroatoms. The van der Waals surface area contributed by atoms with Crippen LogP contribution in [0.25, 0.3) is 23.2 Å². The molecular formula is C22H23ClN2. The number of aryl methyl sites for hydroxylation is 1. The lowest BCUT2D eigenvalue weighted by Crippen LogP contribution is -2.21. The van der Waals surface area contributed by atoms with Gasteiger partial charge in [0.1, 0.15) is 0 Å². The highest BCUT2D eigenvalue weighted by Gasteiger charge is 2.19. The first-order valence-electron chi connectivity index (χ1n) is 8.86. The van der Waals surface area contributed by atoms with E-state index in [1.54, 1.807) is 0 Å². The average Bonchev–Trinajstić information content (AvgIpc) is 2.75. The molecule has 128 valence electrons. The summed E-state index contributed by atoms with van der Waals surface area (Å²) < 4.78 is 2.36. The average molecular weight is 351 g/mol. The molecule has 1 aromatic heterocycles. The monoisotopic (exact) mass is 350 g/mol. The number of fused-ring (bicyclic) bond motifs is 3. The Labute approximate surface area is 154 Å². The zero-order valence-electron chi connectivity index (χ0n) is 14.8. The Morgan fingerprint density at radius 3 is 2.56 bits per heavy atom. The summed E-state index contributed by atoms with van der Waals surface area (Å²) in [6.45, 7) is 4.31. The number of benzene rings is 2. The van der Waals surface area contributed by atoms with Gasteiger partial charge in [-0.25, -0.2) is 0 Å². The van der Waals surface area contributed by atoms with Crippen LogP contribution in [0.15, 0.2) is 42.5 Å². The lowest BCUT2D eigenvalue weighted by atomic mass is 10.1. The molecule has 0 saturated carbocycles. The van der Waals surface area contributed by atoms with E-state index in [-0.39, 0.29) is 0 Å². The first-order chi connectivity index (χ1) is 12.1. The number of halogens is 1. The lowest BCUT2D eigenvalue weighted by molar-refractivity contribution is 0.351. The molecule has 0 fully saturated rings. The predicted molar refractivity (Wildman–Crippen MR) is 108 cm³/mol. The Balaban J connectivity index is 1.83. The predicted octanol–water partition coefficient (Wildman–Crippen LogP) is 5.26. The number of aromatic nitrogens is 1. The molecule has 0 atom stereocenters. The van der Waals surface area contributed by atoms with Crippen LogP contribution < -0.4 is 0 Å². The van der Waals surface area contributed by atoms with Gasteiger partial charge < -0.3 is 9.47 Å². The Morgan fingerprint density at radius 1 is 1.00 bits per heavy atom. The summed E-state index contributed by atoms with van der Waals surface area (Å²) in [6.07, 6.45) is 6.55. The third kappa shape index (κ3) is 3.24. The van der Waals surface area contributed by atoms with Crippen LogP contribution in [0, 0.1) is 6.92 Å². The Kier molecular flexibility index (Phi) is 4.41. The smallest absolute Gasteiger partial charge is 0.0529 e. The van der Waals surface area contributed by atoms with Gasteiger partial charge in [-0.1, -0.05) is 41.4 Å². The van der Waals surface area contributed by atoms with Crippen molar-refractivity contribution in [3.63, 3.8) is 0 Å². The molecule has 25 heavy (non-hydrogen) atoms. The highest BCUT2D eigenvalue weighted by atomic mass is 35.5. The molecule has 2 nitrogen and oxygen atoms in total. The molecule has 0 amide bonds. The highest BCUT2D eigenvalue weighted by molar-refractivity contribution is 6.31. The van der Waals surface area contributed by atoms with E-state index in [2.05, 4.69) is 72.1 Å². The van der Waals surface area contributed by atoms with Crippen LogP contribution in [0.4, 0.5) is 0 Å². The van der Waals surface area contributed by atoms with Crippen molar-refractivity contribution in [3.05, 3.63) is 69.9 Å². The van der Waals surface area contributed by atoms with Gasteiger partial charge in [0.05, 0.1) is 5.52 Å². The SMILES string of the molecule is Cc1ccc(C=Cn2c3c(c4cc(Cl)ccc42)CCN(C)CC3)cc1. The molecule has 0 bridgehead atoms. The van der Waals surface area contributed by atoms with Gasteiger partial charge in [0.2, 0.25) is 0 Å². The van der Waals surface area contributed by atoms with Crippen molar-refractivity contribution in [2.24, 2.45) is 0 Å². The van der Waals surface area contributed by atoms with E-state index in [0.29, 0.717) is 0 Å². The number of likely N-dealkylation sites (N-methyl/N-ethyl adjacent to an activating group) is 1. The fourth-order valence-corrected chi connectivity index (χ4v) is 3.85. The van der Waals surface area contributed by atoms with Gasteiger partial charge in [0.15, 0.2) is 0 Å². The van der Waals surface area contributed by atoms with E-state index in [9.17, 15) is 0 Å². The minimum Gasteiger partial charge on any atom is -0.320 e. The summed E-state index contributed by atoms with van der Waals surface area (Å²) in [5, 5.41) is 2.11. The summed E-state index contributed by atoms with van der Waals surface area (Å²) in [5.74, 6) is 0. The summed E-state index contributed by atoms with van der Waals surface area (Å²) in [7, 11) is 2.20. The molecule has 0 saturated heterocycles. The molecule has 0 aliphatic carbocycles. The molecule has 0 radical (unpaired) electrons. The van der Waals surface area contributed by atoms with Gasteiger partial charge in [-0.3, -0.25) is 0 Å². The van der Waals surface area contributed by atoms with Crippen LogP contribution in [0.5, 0.6) is 0 Å². The van der Waals surface area contributed by atoms with Crippen molar-refractivity contribution >= 4 is 34.8 Å². The van der Waals surface area contributed by atoms with Gasteiger partial charge in [-0.05, 0) is 55.8 Å². The standard InChI is InChI=1S/C22H23ClN2/c1-16-3-5-17(6-4-16)9-14-25-21-8-7-18(23)15-20(21)19-10-12-24(2)13-11-22(19)25/h3-9,14-15H,10-13H2,1-2H3. The lowest BCUT2D eigenvalue weighted by Gasteiger charge is -2.12. The second-order valence-corrected chi connectivity index (χ2v) is 7.42. The molecule has 4 rings (SSSR count). The van der Waals surface area contributed by atoms with E-state index in [0.717, 1.165) is 31.0 Å². The molecule has 1 aliphatic rings. The van der Waals surface area contributed by atoms with Crippen molar-refractivity contribution in [2.45, 2.75) is 19.8 Å². The van der Waals surface area contributed by atoms with Crippen LogP contribution >= 0.6 is 11.6 Å². The van der Waals surface area contributed by atoms with Crippen molar-refractivity contribution in [3.8, 4) is 0 Å². The van der Waals surface area contributed by atoms with Gasteiger partial charge >= 0.3 is 0 Å². The molecule has 1 aliphatic heterocycles. The highest BCUT2D eigenvalue weighted by Crippen LogP contribution is 2.31. The Morgan fingerprint density at radius 2 is 1.76 bits per heavy atom. The maximum absolute atomic E-state index is 6.29. The molecule has 0 unspecified atom stereocenters. The van der Waals surface area contributed by atoms with Crippen LogP contribution in [0.1, 0.15) is 22.4 Å². The number of rotatable bonds is 2. The second-order valence-electron chi connectivity index (χ2n) is 6.99. The maximum atomic E-state index is 6.29. The molecule has 0 spiro atoms. The fourth-order valence-electron chi connectivity index (χ4n) is 3.68. The van der Waals surface area contributed by atoms with Crippen LogP contribution in [0.3, 0.4) is 0 Å². The normalized spacial score (nSPS) is 15.6. The number of nitrogens with zero attached hydrogens (tertiary/aromatic N) is 2. The molecule has 2 heterocycles. The minimum atomic E-state index is 0.813. The van der Waals surface area contributed by atoms with Gasteiger partial charge in [0.25, 0.3) is 0 Å². The zero-order chi connectivity index (χ0) is 17.4. The van der Waals surface area contributed by atoms with E-state index < -0.39 is 0 Å². The third-order valence-electron chi connectivity index (χ3n) is 5.15. The topological polar surface area (TPSA) is 8.17 Å². The van der Waals surface area contributed by atoms with Gasteiger partial charge in [-0.2, -0.15) is 0 Å². The van der Waals surface area contributed by atoms with Crippen molar-refractivity contribution in [2.75, 3.05) is 20.1 Å². The first kappa shape index (κ1) is 16.4. The van der Waals surface area contributed by atoms with Crippen molar-refractivity contribution in [1.29, 1.82) is 0 Å². The number of hydrogen-bond donors (Lipinski definition) is 0. The van der Waals surface area contributed by atoms with Crippen molar-refractivity contribution in [1.82, 2.24) is 9.47 Å². The summed E-state index contributed by atoms with van der Waals surface area (Å²) in [6, 6.07) is 14.9. The van der Waals surface area contributed by atoms with E-state index in [4.69, 9.17) is 11.6 Å². The Hall–Kier alpha value is -2.03. The molecular weight excluding hydrogens is 328 g/mol. The van der Waals surface area contributed by atoms with E-state index in [1.807, 2.05) is 6.07 Å². The third-order valence-corrected chi connectivity index (χ3v) is 5.38. The van der Waals surface area contributed by atoms with Crippen LogP contribution in [-0.2, 0) is 12.8 Å². The number of hydrogen-bond acceptors (Lipinski definition) is 1. The summed E-state index contributed by atoms with van der Waals surface area (Å²) >= 11 is 6.29. The van der Waals surface area contributed by atoms with E-state index in [1.165, 1.54) is 33.3 Å². The van der Waals surface area contributed by atoms with Gasteiger partial charge in [-0.15, -0.1) is 0 Å². The largest absolute Gasteiger partial charge is 0.320 e. The molecule has 2 aromatic carbocycles. The summed E-state index contributed by atoms with van der Waals surface area (Å²) in [5.41, 5.74) is 6.64. The molecule has 3 aromatic rings. The second kappa shape index (κ2) is 6.70. The van der Waals surface area contributed by atoms with Gasteiger partial charge in [0, 0.05) is 41.8 Å². The minimum absolute atomic E-state index is 0.813. The fraction of sp³-hybridized carbons (Fsp3) is 0.273. The van der Waals surface area contributed by atoms with Crippen LogP contribution in [-0.4, -0.2) is 29.6 Å². The molecule has 0 N–H and O–H groups in total. The van der Waals surface area contributed by atoms with Crippen molar-refractivity contribution < 1.29 is 0 Å².